The zero-order valence-electron chi connectivity index (χ0n) is 31.2. The van der Waals surface area contributed by atoms with Crippen molar-refractivity contribution in [3.05, 3.63) is 193 Å². The van der Waals surface area contributed by atoms with Gasteiger partial charge in [0.1, 0.15) is 0 Å². The van der Waals surface area contributed by atoms with E-state index in [2.05, 4.69) is 196 Å². The minimum absolute atomic E-state index is 0.110. The molecule has 0 bridgehead atoms. The Bertz CT molecular complexity index is 3380. The summed E-state index contributed by atoms with van der Waals surface area (Å²) in [6.45, 7) is 4.81. The van der Waals surface area contributed by atoms with E-state index in [1.54, 1.807) is 0 Å². The molecule has 10 aromatic carbocycles. The lowest BCUT2D eigenvalue weighted by Gasteiger charge is -2.22. The number of thiophene rings is 1. The standard InChI is InChI=1S/C55H36S/c1-55(2)46-23-13-12-22-44(46)51-47(55)32-45(54-53(51)52-39-17-7-6-14-33(39)28-29-48(52)56-54)37-26-24-36-31-38(27-25-35(36)30-37)50-42-20-10-8-18-40(42)49(34-15-4-3-5-16-34)41-19-9-11-21-43(41)50/h3-32H,1-2H3. The first-order chi connectivity index (χ1) is 27.5. The van der Waals surface area contributed by atoms with Crippen molar-refractivity contribution in [1.82, 2.24) is 0 Å². The number of hydrogen-bond acceptors (Lipinski definition) is 1. The lowest BCUT2D eigenvalue weighted by atomic mass is 9.81. The lowest BCUT2D eigenvalue weighted by molar-refractivity contribution is 0.661. The van der Waals surface area contributed by atoms with Gasteiger partial charge in [0.25, 0.3) is 0 Å². The number of hydrogen-bond donors (Lipinski definition) is 0. The van der Waals surface area contributed by atoms with Crippen LogP contribution in [0.15, 0.2) is 182 Å². The quantitative estimate of drug-likeness (QED) is 0.159. The Hall–Kier alpha value is -6.54. The summed E-state index contributed by atoms with van der Waals surface area (Å²) < 4.78 is 2.72. The van der Waals surface area contributed by atoms with Gasteiger partial charge in [-0.2, -0.15) is 0 Å². The number of benzene rings is 10. The van der Waals surface area contributed by atoms with E-state index in [1.165, 1.54) is 119 Å². The van der Waals surface area contributed by atoms with Gasteiger partial charge in [-0.25, -0.2) is 0 Å². The Kier molecular flexibility index (Phi) is 6.66. The highest BCUT2D eigenvalue weighted by molar-refractivity contribution is 7.26. The molecule has 0 unspecified atom stereocenters. The van der Waals surface area contributed by atoms with Gasteiger partial charge in [0.15, 0.2) is 0 Å². The Balaban J connectivity index is 1.09. The van der Waals surface area contributed by atoms with Crippen LogP contribution in [0.5, 0.6) is 0 Å². The van der Waals surface area contributed by atoms with E-state index >= 15 is 0 Å². The zero-order chi connectivity index (χ0) is 37.1. The smallest absolute Gasteiger partial charge is 0.0440 e. The zero-order valence-corrected chi connectivity index (χ0v) is 32.0. The molecular weight excluding hydrogens is 693 g/mol. The van der Waals surface area contributed by atoms with Crippen LogP contribution < -0.4 is 0 Å². The molecule has 0 radical (unpaired) electrons. The SMILES string of the molecule is CC1(C)c2ccccc2-c2c1cc(-c1ccc3cc(-c4c5ccccc5c(-c5ccccc5)c5ccccc45)ccc3c1)c1sc3ccc4ccccc4c3c21. The lowest BCUT2D eigenvalue weighted by Crippen LogP contribution is -2.15. The van der Waals surface area contributed by atoms with Crippen LogP contribution >= 0.6 is 11.3 Å². The van der Waals surface area contributed by atoms with Gasteiger partial charge in [-0.05, 0) is 123 Å². The summed E-state index contributed by atoms with van der Waals surface area (Å²) in [4.78, 5) is 0. The highest BCUT2D eigenvalue weighted by Gasteiger charge is 2.38. The summed E-state index contributed by atoms with van der Waals surface area (Å²) in [5, 5.41) is 13.0. The molecular formula is C55H36S. The van der Waals surface area contributed by atoms with E-state index in [9.17, 15) is 0 Å². The molecule has 0 nitrogen and oxygen atoms in total. The Morgan fingerprint density at radius 3 is 1.62 bits per heavy atom. The van der Waals surface area contributed by atoms with Crippen molar-refractivity contribution in [2.45, 2.75) is 19.3 Å². The minimum Gasteiger partial charge on any atom is -0.134 e. The highest BCUT2D eigenvalue weighted by atomic mass is 32.1. The molecule has 0 amide bonds. The molecule has 0 fully saturated rings. The second kappa shape index (κ2) is 11.7. The summed E-state index contributed by atoms with van der Waals surface area (Å²) in [6, 6.07) is 68.1. The number of rotatable bonds is 3. The second-order valence-electron chi connectivity index (χ2n) is 16.0. The first-order valence-corrected chi connectivity index (χ1v) is 20.4. The summed E-state index contributed by atoms with van der Waals surface area (Å²) in [5.74, 6) is 0. The van der Waals surface area contributed by atoms with E-state index in [0.717, 1.165) is 0 Å². The first kappa shape index (κ1) is 31.8. The molecule has 0 atom stereocenters. The fourth-order valence-corrected chi connectivity index (χ4v) is 11.3. The molecule has 1 aliphatic rings. The van der Waals surface area contributed by atoms with Crippen LogP contribution in [0, 0.1) is 0 Å². The molecule has 1 aliphatic carbocycles. The van der Waals surface area contributed by atoms with Crippen LogP contribution in [0.25, 0.3) is 108 Å². The molecule has 1 heterocycles. The molecule has 0 aliphatic heterocycles. The van der Waals surface area contributed by atoms with Crippen LogP contribution in [0.2, 0.25) is 0 Å². The molecule has 262 valence electrons. The number of fused-ring (bicyclic) bond motifs is 12. The van der Waals surface area contributed by atoms with Crippen LogP contribution in [0.4, 0.5) is 0 Å². The van der Waals surface area contributed by atoms with Crippen molar-refractivity contribution in [2.24, 2.45) is 0 Å². The molecule has 0 saturated carbocycles. The van der Waals surface area contributed by atoms with E-state index in [-0.39, 0.29) is 5.41 Å². The van der Waals surface area contributed by atoms with Crippen molar-refractivity contribution in [3.63, 3.8) is 0 Å². The average molecular weight is 729 g/mol. The van der Waals surface area contributed by atoms with E-state index in [0.29, 0.717) is 0 Å². The summed E-state index contributed by atoms with van der Waals surface area (Å²) in [5.41, 5.74) is 13.2. The molecule has 0 spiro atoms. The van der Waals surface area contributed by atoms with Crippen LogP contribution in [-0.4, -0.2) is 0 Å². The van der Waals surface area contributed by atoms with E-state index in [1.807, 2.05) is 11.3 Å². The maximum atomic E-state index is 2.53. The van der Waals surface area contributed by atoms with Gasteiger partial charge >= 0.3 is 0 Å². The van der Waals surface area contributed by atoms with Crippen LogP contribution in [0.3, 0.4) is 0 Å². The Labute approximate surface area is 329 Å². The summed E-state index contributed by atoms with van der Waals surface area (Å²) >= 11 is 1.95. The molecule has 1 heteroatoms. The van der Waals surface area contributed by atoms with Crippen molar-refractivity contribution >= 4 is 74.6 Å². The molecule has 0 saturated heterocycles. The molecule has 11 aromatic rings. The van der Waals surface area contributed by atoms with Crippen LogP contribution in [0.1, 0.15) is 25.0 Å². The summed E-state index contributed by atoms with van der Waals surface area (Å²) in [6.07, 6.45) is 0. The predicted octanol–water partition coefficient (Wildman–Crippen LogP) is 16.0. The van der Waals surface area contributed by atoms with E-state index in [4.69, 9.17) is 0 Å². The molecule has 56 heavy (non-hydrogen) atoms. The maximum absolute atomic E-state index is 2.53. The van der Waals surface area contributed by atoms with Gasteiger partial charge in [0.2, 0.25) is 0 Å². The minimum atomic E-state index is -0.110. The van der Waals surface area contributed by atoms with E-state index < -0.39 is 0 Å². The maximum Gasteiger partial charge on any atom is 0.0440 e. The van der Waals surface area contributed by atoms with Gasteiger partial charge in [0.05, 0.1) is 0 Å². The Morgan fingerprint density at radius 1 is 0.357 bits per heavy atom. The highest BCUT2D eigenvalue weighted by Crippen LogP contribution is 2.57. The third kappa shape index (κ3) is 4.41. The largest absolute Gasteiger partial charge is 0.134 e. The second-order valence-corrected chi connectivity index (χ2v) is 17.0. The topological polar surface area (TPSA) is 0 Å². The van der Waals surface area contributed by atoms with Crippen LogP contribution in [-0.2, 0) is 5.41 Å². The van der Waals surface area contributed by atoms with Gasteiger partial charge in [-0.3, -0.25) is 0 Å². The molecule has 1 aromatic heterocycles. The van der Waals surface area contributed by atoms with Gasteiger partial charge in [0, 0.05) is 25.6 Å². The Morgan fingerprint density at radius 2 is 0.911 bits per heavy atom. The van der Waals surface area contributed by atoms with Crippen molar-refractivity contribution in [3.8, 4) is 44.5 Å². The molecule has 0 N–H and O–H groups in total. The molecule has 12 rings (SSSR count). The summed E-state index contributed by atoms with van der Waals surface area (Å²) in [7, 11) is 0. The third-order valence-electron chi connectivity index (χ3n) is 12.6. The third-order valence-corrected chi connectivity index (χ3v) is 13.8. The average Bonchev–Trinajstić information content (AvgIpc) is 3.75. The van der Waals surface area contributed by atoms with Crippen molar-refractivity contribution < 1.29 is 0 Å². The van der Waals surface area contributed by atoms with Gasteiger partial charge in [-0.15, -0.1) is 11.3 Å². The van der Waals surface area contributed by atoms with Gasteiger partial charge < -0.3 is 0 Å². The monoisotopic (exact) mass is 728 g/mol. The normalized spacial score (nSPS) is 13.3. The van der Waals surface area contributed by atoms with Gasteiger partial charge in [-0.1, -0.05) is 172 Å². The first-order valence-electron chi connectivity index (χ1n) is 19.6. The van der Waals surface area contributed by atoms with Crippen molar-refractivity contribution in [2.75, 3.05) is 0 Å². The fourth-order valence-electron chi connectivity index (χ4n) is 10.0. The van der Waals surface area contributed by atoms with Crippen molar-refractivity contribution in [1.29, 1.82) is 0 Å². The fraction of sp³-hybridized carbons (Fsp3) is 0.0545. The predicted molar refractivity (Wildman–Crippen MR) is 243 cm³/mol.